The quantitative estimate of drug-likeness (QED) is 0.580. The van der Waals surface area contributed by atoms with Crippen LogP contribution in [0.15, 0.2) is 24.3 Å². The van der Waals surface area contributed by atoms with Crippen molar-refractivity contribution in [2.24, 2.45) is 0 Å². The van der Waals surface area contributed by atoms with Gasteiger partial charge in [-0.1, -0.05) is 18.2 Å². The van der Waals surface area contributed by atoms with Gasteiger partial charge in [0.1, 0.15) is 0 Å². The van der Waals surface area contributed by atoms with E-state index in [1.807, 2.05) is 0 Å². The van der Waals surface area contributed by atoms with Crippen molar-refractivity contribution < 1.29 is 14.3 Å². The average Bonchev–Trinajstić information content (AvgIpc) is 2.76. The summed E-state index contributed by atoms with van der Waals surface area (Å²) in [7, 11) is 2.68. The Kier molecular flexibility index (Phi) is 4.07. The van der Waals surface area contributed by atoms with Crippen molar-refractivity contribution in [3.8, 4) is 11.1 Å². The number of fused-ring (bicyclic) bond motifs is 1. The van der Waals surface area contributed by atoms with Crippen LogP contribution in [-0.2, 0) is 14.3 Å². The molecule has 0 radical (unpaired) electrons. The molecule has 0 saturated carbocycles. The molecule has 0 aromatic rings. The third-order valence-electron chi connectivity index (χ3n) is 1.73. The van der Waals surface area contributed by atoms with Gasteiger partial charge in [-0.2, -0.15) is 0 Å². The minimum absolute atomic E-state index is 0.644. The van der Waals surface area contributed by atoms with Crippen molar-refractivity contribution >= 4 is 16.8 Å². The zero-order valence-electron chi connectivity index (χ0n) is 7.99. The number of methoxy groups -OCH3 is 2. The first-order valence-electron chi connectivity index (χ1n) is 4.04. The molecule has 76 valence electrons. The molecule has 2 aliphatic rings. The summed E-state index contributed by atoms with van der Waals surface area (Å²) in [5.41, 5.74) is 2.85. The third kappa shape index (κ3) is 3.10. The fourth-order valence-corrected chi connectivity index (χ4v) is 1.14. The number of ether oxygens (including phenoxy) is 2. The highest BCUT2D eigenvalue weighted by Gasteiger charge is 2.11. The molecule has 0 unspecified atom stereocenters. The fourth-order valence-electron chi connectivity index (χ4n) is 0.957. The van der Waals surface area contributed by atoms with Crippen LogP contribution in [0.2, 0.25) is 0 Å². The van der Waals surface area contributed by atoms with E-state index in [4.69, 9.17) is 11.6 Å². The number of benzene rings is 1. The first kappa shape index (κ1) is 11.2. The van der Waals surface area contributed by atoms with Crippen molar-refractivity contribution in [3.05, 3.63) is 24.3 Å². The Labute approximate surface area is 87.6 Å². The Balaban J connectivity index is 0.000000143. The van der Waals surface area contributed by atoms with Gasteiger partial charge in [-0.3, -0.25) is 4.79 Å². The van der Waals surface area contributed by atoms with Gasteiger partial charge in [0.05, 0.1) is 0 Å². The van der Waals surface area contributed by atoms with Crippen LogP contribution in [0, 0.1) is 0 Å². The molecular formula is C10H11ClO3. The van der Waals surface area contributed by atoms with E-state index < -0.39 is 11.5 Å². The van der Waals surface area contributed by atoms with Crippen molar-refractivity contribution in [1.29, 1.82) is 0 Å². The molecule has 0 heterocycles. The number of carbonyl (C=O) groups excluding carboxylic acids is 1. The van der Waals surface area contributed by atoms with E-state index in [1.165, 1.54) is 25.3 Å². The SMILES string of the molecule is COC(OC)C(=O)Cl.c1cc2cc-2c1. The van der Waals surface area contributed by atoms with E-state index in [2.05, 4.69) is 33.7 Å². The van der Waals surface area contributed by atoms with Crippen LogP contribution in [0.4, 0.5) is 0 Å². The average molecular weight is 215 g/mol. The molecule has 0 aromatic heterocycles. The molecule has 0 N–H and O–H groups in total. The van der Waals surface area contributed by atoms with Gasteiger partial charge in [0.15, 0.2) is 0 Å². The van der Waals surface area contributed by atoms with Crippen molar-refractivity contribution in [1.82, 2.24) is 0 Å². The minimum Gasteiger partial charge on any atom is -0.348 e. The first-order chi connectivity index (χ1) is 6.69. The number of halogens is 1. The van der Waals surface area contributed by atoms with Gasteiger partial charge < -0.3 is 9.47 Å². The molecular weight excluding hydrogens is 204 g/mol. The summed E-state index contributed by atoms with van der Waals surface area (Å²) in [5.74, 6) is 0. The van der Waals surface area contributed by atoms with Crippen molar-refractivity contribution in [2.45, 2.75) is 6.29 Å². The second kappa shape index (κ2) is 5.10. The molecule has 4 heteroatoms. The Morgan fingerprint density at radius 2 is 1.79 bits per heavy atom. The molecule has 0 fully saturated rings. The summed E-state index contributed by atoms with van der Waals surface area (Å²) in [6, 6.07) is 8.48. The fraction of sp³-hybridized carbons (Fsp3) is 0.300. The summed E-state index contributed by atoms with van der Waals surface area (Å²) in [5, 5.41) is -0.644. The normalized spacial score (nSPS) is 10.6. The Hall–Kier alpha value is -0.900. The predicted octanol–water partition coefficient (Wildman–Crippen LogP) is 2.04. The lowest BCUT2D eigenvalue weighted by molar-refractivity contribution is -0.147. The Morgan fingerprint density at radius 1 is 1.29 bits per heavy atom. The Bertz CT molecular complexity index is 304. The summed E-state index contributed by atoms with van der Waals surface area (Å²) in [6.07, 6.45) is -0.920. The number of hydrogen-bond donors (Lipinski definition) is 0. The van der Waals surface area contributed by atoms with Gasteiger partial charge in [0.2, 0.25) is 6.29 Å². The van der Waals surface area contributed by atoms with Gasteiger partial charge in [0.25, 0.3) is 5.24 Å². The lowest BCUT2D eigenvalue weighted by Crippen LogP contribution is -2.19. The monoisotopic (exact) mass is 214 g/mol. The lowest BCUT2D eigenvalue weighted by atomic mass is 10.6. The maximum atomic E-state index is 10.1. The predicted molar refractivity (Wildman–Crippen MR) is 54.1 cm³/mol. The summed E-state index contributed by atoms with van der Waals surface area (Å²) < 4.78 is 8.91. The van der Waals surface area contributed by atoms with Crippen LogP contribution in [0.1, 0.15) is 0 Å². The highest BCUT2D eigenvalue weighted by atomic mass is 35.5. The van der Waals surface area contributed by atoms with Gasteiger partial charge in [-0.15, -0.1) is 0 Å². The van der Waals surface area contributed by atoms with E-state index in [1.54, 1.807) is 0 Å². The van der Waals surface area contributed by atoms with Gasteiger partial charge in [-0.05, 0) is 28.8 Å². The second-order valence-electron chi connectivity index (χ2n) is 2.69. The topological polar surface area (TPSA) is 35.5 Å². The van der Waals surface area contributed by atoms with E-state index in [9.17, 15) is 4.79 Å². The molecule has 3 nitrogen and oxygen atoms in total. The van der Waals surface area contributed by atoms with Gasteiger partial charge in [0, 0.05) is 14.2 Å². The van der Waals surface area contributed by atoms with Crippen molar-refractivity contribution in [3.63, 3.8) is 0 Å². The smallest absolute Gasteiger partial charge is 0.278 e. The molecule has 2 aliphatic carbocycles. The molecule has 0 aliphatic heterocycles. The van der Waals surface area contributed by atoms with Crippen LogP contribution in [0.25, 0.3) is 11.1 Å². The summed E-state index contributed by atoms with van der Waals surface area (Å²) in [6.45, 7) is 0. The van der Waals surface area contributed by atoms with Crippen molar-refractivity contribution in [2.75, 3.05) is 14.2 Å². The minimum atomic E-state index is -0.920. The molecule has 2 rings (SSSR count). The van der Waals surface area contributed by atoms with Crippen LogP contribution in [-0.4, -0.2) is 25.8 Å². The third-order valence-corrected chi connectivity index (χ3v) is 1.90. The Morgan fingerprint density at radius 3 is 1.86 bits per heavy atom. The van der Waals surface area contributed by atoms with Crippen LogP contribution >= 0.6 is 11.6 Å². The molecule has 14 heavy (non-hydrogen) atoms. The standard InChI is InChI=1S/C6H4.C4H7ClO3/c1-2-5-4-6(5)3-1;1-7-4(8-2)3(5)6/h1-4H;4H,1-2H3. The highest BCUT2D eigenvalue weighted by Crippen LogP contribution is 2.32. The molecule has 0 saturated heterocycles. The molecule has 0 spiro atoms. The number of rotatable bonds is 3. The largest absolute Gasteiger partial charge is 0.348 e. The number of carbonyl (C=O) groups is 1. The van der Waals surface area contributed by atoms with E-state index in [-0.39, 0.29) is 0 Å². The molecule has 0 aromatic carbocycles. The second-order valence-corrected chi connectivity index (χ2v) is 3.06. The van der Waals surface area contributed by atoms with E-state index >= 15 is 0 Å². The van der Waals surface area contributed by atoms with Gasteiger partial charge >= 0.3 is 0 Å². The zero-order chi connectivity index (χ0) is 10.6. The summed E-state index contributed by atoms with van der Waals surface area (Å²) in [4.78, 5) is 10.1. The maximum absolute atomic E-state index is 10.1. The van der Waals surface area contributed by atoms with E-state index in [0.717, 1.165) is 0 Å². The molecule has 0 atom stereocenters. The zero-order valence-corrected chi connectivity index (χ0v) is 8.75. The van der Waals surface area contributed by atoms with Crippen LogP contribution in [0.5, 0.6) is 0 Å². The van der Waals surface area contributed by atoms with Gasteiger partial charge in [-0.25, -0.2) is 0 Å². The van der Waals surface area contributed by atoms with E-state index in [0.29, 0.717) is 0 Å². The molecule has 0 bridgehead atoms. The first-order valence-corrected chi connectivity index (χ1v) is 4.42. The lowest BCUT2D eigenvalue weighted by Gasteiger charge is -2.05. The molecule has 0 amide bonds. The maximum Gasteiger partial charge on any atom is 0.278 e. The van der Waals surface area contributed by atoms with Crippen LogP contribution < -0.4 is 0 Å². The van der Waals surface area contributed by atoms with Crippen LogP contribution in [0.3, 0.4) is 0 Å². The highest BCUT2D eigenvalue weighted by molar-refractivity contribution is 6.64. The number of hydrogen-bond acceptors (Lipinski definition) is 3. The summed E-state index contributed by atoms with van der Waals surface area (Å²) >= 11 is 4.96.